The highest BCUT2D eigenvalue weighted by Gasteiger charge is 2.30. The number of alkyl halides is 3. The fourth-order valence-corrected chi connectivity index (χ4v) is 3.08. The molecule has 1 N–H and O–H groups in total. The molecule has 0 aliphatic carbocycles. The van der Waals surface area contributed by atoms with Crippen molar-refractivity contribution < 1.29 is 18.0 Å². The minimum absolute atomic E-state index is 0.146. The number of nitrogens with one attached hydrogen (secondary N) is 1. The molecule has 2 rings (SSSR count). The lowest BCUT2D eigenvalue weighted by atomic mass is 10.2. The second-order valence-electron chi connectivity index (χ2n) is 4.75. The number of anilines is 1. The van der Waals surface area contributed by atoms with Gasteiger partial charge >= 0.3 is 6.18 Å². The molecule has 1 amide bonds. The van der Waals surface area contributed by atoms with Gasteiger partial charge in [-0.15, -0.1) is 11.8 Å². The Morgan fingerprint density at radius 1 is 1.13 bits per heavy atom. The van der Waals surface area contributed by atoms with Crippen molar-refractivity contribution >= 4 is 39.3 Å². The molecule has 0 unspecified atom stereocenters. The normalized spacial score (nSPS) is 11.3. The largest absolute Gasteiger partial charge is 0.416 e. The summed E-state index contributed by atoms with van der Waals surface area (Å²) in [4.78, 5) is 11.8. The molecule has 0 fully saturated rings. The van der Waals surface area contributed by atoms with E-state index in [1.165, 1.54) is 23.9 Å². The zero-order chi connectivity index (χ0) is 16.9. The lowest BCUT2D eigenvalue weighted by Gasteiger charge is -2.10. The number of rotatable bonds is 5. The summed E-state index contributed by atoms with van der Waals surface area (Å²) >= 11 is 4.77. The van der Waals surface area contributed by atoms with Gasteiger partial charge in [0.1, 0.15) is 0 Å². The molecule has 2 aromatic carbocycles. The summed E-state index contributed by atoms with van der Waals surface area (Å²) in [5, 5.41) is 2.48. The molecule has 0 saturated heterocycles. The van der Waals surface area contributed by atoms with Crippen LogP contribution in [-0.2, 0) is 16.7 Å². The average Bonchev–Trinajstić information content (AvgIpc) is 2.46. The van der Waals surface area contributed by atoms with Gasteiger partial charge in [0.15, 0.2) is 0 Å². The molecule has 0 bridgehead atoms. The lowest BCUT2D eigenvalue weighted by molar-refractivity contribution is -0.137. The molecule has 0 aliphatic rings. The van der Waals surface area contributed by atoms with Crippen LogP contribution in [0.4, 0.5) is 18.9 Å². The number of thioether (sulfide) groups is 1. The fourth-order valence-electron chi connectivity index (χ4n) is 1.86. The van der Waals surface area contributed by atoms with Crippen LogP contribution in [0.3, 0.4) is 0 Å². The molecule has 0 aromatic heterocycles. The molecule has 0 heterocycles. The molecule has 0 aliphatic heterocycles. The minimum atomic E-state index is -4.42. The molecule has 0 spiro atoms. The van der Waals surface area contributed by atoms with Gasteiger partial charge in [-0.2, -0.15) is 13.2 Å². The number of carbonyl (C=O) groups is 1. The van der Waals surface area contributed by atoms with Crippen LogP contribution in [0.1, 0.15) is 11.1 Å². The monoisotopic (exact) mass is 403 g/mol. The average molecular weight is 404 g/mol. The van der Waals surface area contributed by atoms with Crippen molar-refractivity contribution in [2.75, 3.05) is 11.1 Å². The van der Waals surface area contributed by atoms with E-state index in [1.54, 1.807) is 0 Å². The highest BCUT2D eigenvalue weighted by atomic mass is 79.9. The van der Waals surface area contributed by atoms with Crippen molar-refractivity contribution in [3.63, 3.8) is 0 Å². The fraction of sp³-hybridized carbons (Fsp3) is 0.188. The first-order chi connectivity index (χ1) is 10.8. The van der Waals surface area contributed by atoms with E-state index in [0.29, 0.717) is 5.75 Å². The molecule has 0 radical (unpaired) electrons. The Labute approximate surface area is 144 Å². The van der Waals surface area contributed by atoms with Crippen molar-refractivity contribution in [1.82, 2.24) is 0 Å². The van der Waals surface area contributed by atoms with Gasteiger partial charge in [-0.25, -0.2) is 0 Å². The van der Waals surface area contributed by atoms with Gasteiger partial charge < -0.3 is 5.32 Å². The summed E-state index contributed by atoms with van der Waals surface area (Å²) in [7, 11) is 0. The van der Waals surface area contributed by atoms with Crippen LogP contribution >= 0.6 is 27.7 Å². The Balaban J connectivity index is 1.85. The van der Waals surface area contributed by atoms with Crippen LogP contribution in [-0.4, -0.2) is 11.7 Å². The lowest BCUT2D eigenvalue weighted by Crippen LogP contribution is -2.15. The van der Waals surface area contributed by atoms with Crippen LogP contribution < -0.4 is 5.32 Å². The molecule has 0 atom stereocenters. The summed E-state index contributed by atoms with van der Waals surface area (Å²) < 4.78 is 38.8. The van der Waals surface area contributed by atoms with Crippen molar-refractivity contribution in [3.05, 3.63) is 64.1 Å². The number of benzene rings is 2. The smallest absolute Gasteiger partial charge is 0.325 e. The van der Waals surface area contributed by atoms with Crippen molar-refractivity contribution in [2.24, 2.45) is 0 Å². The highest BCUT2D eigenvalue weighted by molar-refractivity contribution is 9.10. The van der Waals surface area contributed by atoms with E-state index in [2.05, 4.69) is 21.2 Å². The van der Waals surface area contributed by atoms with Crippen molar-refractivity contribution in [1.29, 1.82) is 0 Å². The molecular formula is C16H13BrF3NOS. The van der Waals surface area contributed by atoms with E-state index in [-0.39, 0.29) is 17.3 Å². The topological polar surface area (TPSA) is 29.1 Å². The zero-order valence-electron chi connectivity index (χ0n) is 11.9. The highest BCUT2D eigenvalue weighted by Crippen LogP contribution is 2.30. The zero-order valence-corrected chi connectivity index (χ0v) is 14.3. The van der Waals surface area contributed by atoms with E-state index in [1.807, 2.05) is 24.3 Å². The first-order valence-electron chi connectivity index (χ1n) is 6.64. The summed E-state index contributed by atoms with van der Waals surface area (Å²) in [6.07, 6.45) is -4.42. The van der Waals surface area contributed by atoms with E-state index >= 15 is 0 Å². The first kappa shape index (κ1) is 17.9. The number of amides is 1. The van der Waals surface area contributed by atoms with Crippen LogP contribution in [0.15, 0.2) is 53.0 Å². The Morgan fingerprint density at radius 3 is 2.57 bits per heavy atom. The third-order valence-corrected chi connectivity index (χ3v) is 4.36. The van der Waals surface area contributed by atoms with Gasteiger partial charge in [0.25, 0.3) is 0 Å². The predicted molar refractivity (Wildman–Crippen MR) is 90.4 cm³/mol. The number of carbonyl (C=O) groups excluding carboxylic acids is 1. The van der Waals surface area contributed by atoms with Gasteiger partial charge in [-0.05, 0) is 35.9 Å². The summed E-state index contributed by atoms with van der Waals surface area (Å²) in [5.74, 6) is 0.488. The van der Waals surface area contributed by atoms with Crippen LogP contribution in [0.5, 0.6) is 0 Å². The van der Waals surface area contributed by atoms with Gasteiger partial charge in [0, 0.05) is 15.9 Å². The molecule has 23 heavy (non-hydrogen) atoms. The summed E-state index contributed by atoms with van der Waals surface area (Å²) in [6, 6.07) is 12.3. The minimum Gasteiger partial charge on any atom is -0.325 e. The van der Waals surface area contributed by atoms with Gasteiger partial charge in [-0.3, -0.25) is 4.79 Å². The van der Waals surface area contributed by atoms with Crippen LogP contribution in [0.25, 0.3) is 0 Å². The summed E-state index contributed by atoms with van der Waals surface area (Å²) in [6.45, 7) is 0. The maximum Gasteiger partial charge on any atom is 0.416 e. The molecule has 2 aromatic rings. The predicted octanol–water partition coefficient (Wildman–Crippen LogP) is 5.34. The van der Waals surface area contributed by atoms with Gasteiger partial charge in [0.05, 0.1) is 11.3 Å². The molecule has 0 saturated carbocycles. The second kappa shape index (κ2) is 7.88. The van der Waals surface area contributed by atoms with Crippen molar-refractivity contribution in [3.8, 4) is 0 Å². The number of halogens is 4. The Kier molecular flexibility index (Phi) is 6.12. The van der Waals surface area contributed by atoms with Crippen molar-refractivity contribution in [2.45, 2.75) is 11.9 Å². The first-order valence-corrected chi connectivity index (χ1v) is 8.58. The standard InChI is InChI=1S/C16H13BrF3NOS/c17-13-5-1-3-11(7-13)9-23-10-15(22)21-14-6-2-4-12(8-14)16(18,19)20/h1-8H,9-10H2,(H,21,22). The number of hydrogen-bond donors (Lipinski definition) is 1. The molecule has 122 valence electrons. The van der Waals surface area contributed by atoms with E-state index < -0.39 is 11.7 Å². The SMILES string of the molecule is O=C(CSCc1cccc(Br)c1)Nc1cccc(C(F)(F)F)c1. The third kappa shape index (κ3) is 5.91. The van der Waals surface area contributed by atoms with Crippen LogP contribution in [0.2, 0.25) is 0 Å². The van der Waals surface area contributed by atoms with Gasteiger partial charge in [-0.1, -0.05) is 34.1 Å². The van der Waals surface area contributed by atoms with E-state index in [4.69, 9.17) is 0 Å². The maximum absolute atomic E-state index is 12.6. The Hall–Kier alpha value is -1.47. The number of hydrogen-bond acceptors (Lipinski definition) is 2. The van der Waals surface area contributed by atoms with E-state index in [9.17, 15) is 18.0 Å². The molecule has 2 nitrogen and oxygen atoms in total. The quantitative estimate of drug-likeness (QED) is 0.729. The third-order valence-electron chi connectivity index (χ3n) is 2.86. The second-order valence-corrected chi connectivity index (χ2v) is 6.65. The van der Waals surface area contributed by atoms with Gasteiger partial charge in [0.2, 0.25) is 5.91 Å². The maximum atomic E-state index is 12.6. The summed E-state index contributed by atoms with van der Waals surface area (Å²) in [5.41, 5.74) is 0.432. The molecule has 7 heteroatoms. The van der Waals surface area contributed by atoms with E-state index in [0.717, 1.165) is 22.2 Å². The Morgan fingerprint density at radius 2 is 1.87 bits per heavy atom. The molecular weight excluding hydrogens is 391 g/mol. The van der Waals surface area contributed by atoms with Crippen LogP contribution in [0, 0.1) is 0 Å². The Bertz CT molecular complexity index is 691.